The van der Waals surface area contributed by atoms with Crippen molar-refractivity contribution in [1.29, 1.82) is 0 Å². The number of alkyl halides is 3. The lowest BCUT2D eigenvalue weighted by Crippen LogP contribution is -2.37. The minimum absolute atomic E-state index is 0.124. The van der Waals surface area contributed by atoms with Crippen LogP contribution in [0.3, 0.4) is 0 Å². The fourth-order valence-electron chi connectivity index (χ4n) is 2.65. The highest BCUT2D eigenvalue weighted by Crippen LogP contribution is 2.39. The molecule has 125 valence electrons. The van der Waals surface area contributed by atoms with Crippen LogP contribution in [-0.2, 0) is 20.9 Å². The van der Waals surface area contributed by atoms with E-state index in [1.165, 1.54) is 11.0 Å². The number of halogens is 3. The van der Waals surface area contributed by atoms with Crippen LogP contribution in [-0.4, -0.2) is 30.1 Å². The van der Waals surface area contributed by atoms with Crippen LogP contribution < -0.4 is 4.90 Å². The van der Waals surface area contributed by atoms with Gasteiger partial charge in [-0.3, -0.25) is 0 Å². The highest BCUT2D eigenvalue weighted by Gasteiger charge is 2.42. The van der Waals surface area contributed by atoms with E-state index in [0.29, 0.717) is 19.4 Å². The first-order valence-corrected chi connectivity index (χ1v) is 7.04. The van der Waals surface area contributed by atoms with Gasteiger partial charge in [-0.1, -0.05) is 0 Å². The Bertz CT molecular complexity index is 619. The highest BCUT2D eigenvalue weighted by molar-refractivity contribution is 5.81. The number of rotatable bonds is 4. The Morgan fingerprint density at radius 2 is 2.13 bits per heavy atom. The van der Waals surface area contributed by atoms with E-state index in [0.717, 1.165) is 12.1 Å². The number of esters is 1. The Morgan fingerprint density at radius 3 is 2.70 bits per heavy atom. The quantitative estimate of drug-likeness (QED) is 0.628. The van der Waals surface area contributed by atoms with Crippen LogP contribution in [0.5, 0.6) is 0 Å². The van der Waals surface area contributed by atoms with Crippen molar-refractivity contribution in [3.05, 3.63) is 28.7 Å². The van der Waals surface area contributed by atoms with Crippen LogP contribution in [0.2, 0.25) is 0 Å². The van der Waals surface area contributed by atoms with Crippen molar-refractivity contribution in [2.24, 2.45) is 0 Å². The van der Waals surface area contributed by atoms with Gasteiger partial charge in [0.1, 0.15) is 11.6 Å². The molecule has 2 rings (SSSR count). The van der Waals surface area contributed by atoms with E-state index in [1.807, 2.05) is 0 Å². The van der Waals surface area contributed by atoms with Gasteiger partial charge in [0.05, 0.1) is 16.7 Å². The summed E-state index contributed by atoms with van der Waals surface area (Å²) in [5.41, 5.74) is -2.21. The summed E-state index contributed by atoms with van der Waals surface area (Å²) in [6, 6.07) is 2.09. The summed E-state index contributed by atoms with van der Waals surface area (Å²) < 4.78 is 44.0. The van der Waals surface area contributed by atoms with Crippen LogP contribution in [0.1, 0.15) is 25.3 Å². The summed E-state index contributed by atoms with van der Waals surface area (Å²) in [7, 11) is 0. The molecule has 0 bridgehead atoms. The number of carbonyl (C=O) groups excluding carboxylic acids is 1. The van der Waals surface area contributed by atoms with Crippen molar-refractivity contribution < 1.29 is 32.8 Å². The molecule has 1 aliphatic heterocycles. The fraction of sp³-hybridized carbons (Fsp3) is 0.500. The predicted octanol–water partition coefficient (Wildman–Crippen LogP) is 2.99. The van der Waals surface area contributed by atoms with Gasteiger partial charge in [0, 0.05) is 18.3 Å². The van der Waals surface area contributed by atoms with Crippen LogP contribution in [0.15, 0.2) is 18.2 Å². The van der Waals surface area contributed by atoms with Gasteiger partial charge in [-0.15, -0.1) is 0 Å². The third-order valence-corrected chi connectivity index (χ3v) is 3.63. The molecule has 1 aromatic rings. The Morgan fingerprint density at radius 1 is 1.43 bits per heavy atom. The Balaban J connectivity index is 2.40. The second kappa shape index (κ2) is 6.43. The first-order valence-electron chi connectivity index (χ1n) is 7.04. The molecule has 1 heterocycles. The predicted molar refractivity (Wildman–Crippen MR) is 72.4 cm³/mol. The maximum Gasteiger partial charge on any atom is 0.423 e. The Hall–Kier alpha value is -2.32. The molecule has 1 fully saturated rings. The van der Waals surface area contributed by atoms with E-state index in [2.05, 4.69) is 0 Å². The minimum atomic E-state index is -4.85. The summed E-state index contributed by atoms with van der Waals surface area (Å²) in [6.07, 6.45) is -3.75. The van der Waals surface area contributed by atoms with Gasteiger partial charge in [0.15, 0.2) is 0 Å². The van der Waals surface area contributed by atoms with Crippen molar-refractivity contribution in [2.75, 3.05) is 18.1 Å². The van der Waals surface area contributed by atoms with Gasteiger partial charge < -0.3 is 9.64 Å². The van der Waals surface area contributed by atoms with Gasteiger partial charge >= 0.3 is 22.8 Å². The van der Waals surface area contributed by atoms with E-state index >= 15 is 0 Å². The number of anilines is 1. The van der Waals surface area contributed by atoms with Gasteiger partial charge in [0.2, 0.25) is 0 Å². The lowest BCUT2D eigenvalue weighted by atomic mass is 10.1. The van der Waals surface area contributed by atoms with E-state index in [-0.39, 0.29) is 12.3 Å². The van der Waals surface area contributed by atoms with Crippen LogP contribution in [0.25, 0.3) is 0 Å². The third kappa shape index (κ3) is 3.54. The Kier molecular flexibility index (Phi) is 4.76. The summed E-state index contributed by atoms with van der Waals surface area (Å²) in [4.78, 5) is 23.1. The van der Waals surface area contributed by atoms with Crippen LogP contribution in [0, 0.1) is 4.91 Å². The van der Waals surface area contributed by atoms with Crippen molar-refractivity contribution in [3.8, 4) is 0 Å². The Labute approximate surface area is 130 Å². The lowest BCUT2D eigenvalue weighted by molar-refractivity contribution is -0.770. The second-order valence-electron chi connectivity index (χ2n) is 5.06. The monoisotopic (exact) mass is 332 g/mol. The summed E-state index contributed by atoms with van der Waals surface area (Å²) >= 11 is 0. The number of hydrogen-bond acceptors (Lipinski definition) is 4. The minimum Gasteiger partial charge on any atom is -0.464 e. The zero-order valence-corrected chi connectivity index (χ0v) is 12.3. The largest absolute Gasteiger partial charge is 0.464 e. The summed E-state index contributed by atoms with van der Waals surface area (Å²) in [6.45, 7) is 2.21. The van der Waals surface area contributed by atoms with E-state index in [4.69, 9.17) is 4.74 Å². The third-order valence-electron chi connectivity index (χ3n) is 3.63. The first-order chi connectivity index (χ1) is 10.8. The van der Waals surface area contributed by atoms with Gasteiger partial charge in [-0.25, -0.2) is 4.79 Å². The standard InChI is InChI=1S/C14H15F3N2O4/c1-2-23-13(20)12-4-3-7-18(12)9-5-6-11(19(21)22)10(8-9)14(15,16)17/h5-6,8,12H,2-4,7H2,1H3/q+1/t12-/m1/s1. The molecule has 0 spiro atoms. The number of benzene rings is 1. The number of nitrogens with zero attached hydrogens (tertiary/aromatic N) is 2. The van der Waals surface area contributed by atoms with Crippen molar-refractivity contribution >= 4 is 17.3 Å². The number of ether oxygens (including phenoxy) is 1. The smallest absolute Gasteiger partial charge is 0.423 e. The molecule has 1 saturated heterocycles. The lowest BCUT2D eigenvalue weighted by Gasteiger charge is -2.25. The van der Waals surface area contributed by atoms with Gasteiger partial charge in [-0.2, -0.15) is 13.2 Å². The van der Waals surface area contributed by atoms with E-state index in [1.54, 1.807) is 6.92 Å². The van der Waals surface area contributed by atoms with E-state index in [9.17, 15) is 28.1 Å². The fourth-order valence-corrected chi connectivity index (χ4v) is 2.65. The highest BCUT2D eigenvalue weighted by atomic mass is 19.4. The second-order valence-corrected chi connectivity index (χ2v) is 5.06. The topological polar surface area (TPSA) is 69.5 Å². The first kappa shape index (κ1) is 17.0. The molecule has 1 aromatic carbocycles. The molecule has 1 aliphatic rings. The maximum atomic E-state index is 13.0. The molecule has 0 saturated carbocycles. The molecule has 23 heavy (non-hydrogen) atoms. The SMILES string of the molecule is CCOC(=O)[C@H]1CCCN1c1ccc([N+]([O])=O)c(C(F)(F)F)c1. The van der Waals surface area contributed by atoms with E-state index < -0.39 is 34.4 Å². The molecule has 0 aliphatic carbocycles. The zero-order valence-electron chi connectivity index (χ0n) is 12.3. The molecule has 0 amide bonds. The summed E-state index contributed by atoms with van der Waals surface area (Å²) in [5.74, 6) is -0.503. The molecule has 6 nitrogen and oxygen atoms in total. The average molecular weight is 332 g/mol. The molecule has 9 heteroatoms. The number of carbonyl (C=O) groups is 1. The maximum absolute atomic E-state index is 13.0. The normalized spacial score (nSPS) is 18.1. The number of hydrogen-bond donors (Lipinski definition) is 0. The summed E-state index contributed by atoms with van der Waals surface area (Å²) in [5, 5.41) is 10.8. The van der Waals surface area contributed by atoms with Gasteiger partial charge in [0.25, 0.3) is 0 Å². The van der Waals surface area contributed by atoms with Gasteiger partial charge in [-0.05, 0) is 31.9 Å². The molecule has 0 aromatic heterocycles. The van der Waals surface area contributed by atoms with Crippen molar-refractivity contribution in [2.45, 2.75) is 32.0 Å². The van der Waals surface area contributed by atoms with Crippen LogP contribution in [0.4, 0.5) is 24.5 Å². The average Bonchev–Trinajstić information content (AvgIpc) is 2.95. The molecule has 1 radical (unpaired) electrons. The van der Waals surface area contributed by atoms with Crippen molar-refractivity contribution in [3.63, 3.8) is 0 Å². The van der Waals surface area contributed by atoms with Crippen LogP contribution >= 0.6 is 0 Å². The molecular weight excluding hydrogens is 317 g/mol. The van der Waals surface area contributed by atoms with Crippen molar-refractivity contribution in [1.82, 2.24) is 0 Å². The molecule has 1 atom stereocenters. The molecule has 0 unspecified atom stereocenters. The molecule has 0 N–H and O–H groups in total. The molecular formula is C14H15F3N2O4+. The zero-order chi connectivity index (χ0) is 17.2.